The highest BCUT2D eigenvalue weighted by atomic mass is 16.6. The van der Waals surface area contributed by atoms with E-state index in [9.17, 15) is 9.59 Å². The van der Waals surface area contributed by atoms with Gasteiger partial charge < -0.3 is 30.2 Å². The number of methoxy groups -OCH3 is 1. The third-order valence-corrected chi connectivity index (χ3v) is 7.05. The van der Waals surface area contributed by atoms with Crippen LogP contribution in [0.2, 0.25) is 0 Å². The van der Waals surface area contributed by atoms with Crippen LogP contribution >= 0.6 is 0 Å². The molecule has 0 bridgehead atoms. The van der Waals surface area contributed by atoms with E-state index >= 15 is 0 Å². The quantitative estimate of drug-likeness (QED) is 0.444. The molecule has 11 nitrogen and oxygen atoms in total. The van der Waals surface area contributed by atoms with Crippen molar-refractivity contribution in [3.63, 3.8) is 0 Å². The summed E-state index contributed by atoms with van der Waals surface area (Å²) in [4.78, 5) is 35.2. The fraction of sp³-hybridized carbons (Fsp3) is 0.385. The molecule has 3 aliphatic rings. The molecule has 0 aliphatic carbocycles. The standard InChI is InChI=1S/C26H28N6O5/c1-35-23-5-3-19-25(31-23)18(7-9-28-19)24(15-6-8-27-11-15)29-12-17-13-32(26(34)37-17)16-2-4-21-20(10-16)30-22(33)14-36-21/h2-5,7,9-10,15,17,24,27,29H,6,8,11-14H2,1H3,(H,30,33)/t15?,17?,24-/m1/s1. The number of cyclic esters (lactones) is 1. The number of anilines is 2. The zero-order chi connectivity index (χ0) is 25.4. The second-order valence-corrected chi connectivity index (χ2v) is 9.39. The zero-order valence-electron chi connectivity index (χ0n) is 20.4. The van der Waals surface area contributed by atoms with E-state index in [1.807, 2.05) is 18.2 Å². The Morgan fingerprint density at radius 2 is 2.16 bits per heavy atom. The van der Waals surface area contributed by atoms with Crippen molar-refractivity contribution in [2.45, 2.75) is 18.6 Å². The van der Waals surface area contributed by atoms with Crippen molar-refractivity contribution >= 4 is 34.4 Å². The Morgan fingerprint density at radius 3 is 3.00 bits per heavy atom. The number of pyridine rings is 2. The van der Waals surface area contributed by atoms with Crippen molar-refractivity contribution in [1.82, 2.24) is 20.6 Å². The second kappa shape index (κ2) is 9.83. The molecule has 1 aromatic carbocycles. The molecule has 2 aromatic heterocycles. The lowest BCUT2D eigenvalue weighted by molar-refractivity contribution is -0.118. The highest BCUT2D eigenvalue weighted by molar-refractivity contribution is 5.97. The van der Waals surface area contributed by atoms with Crippen molar-refractivity contribution in [3.05, 3.63) is 48.2 Å². The molecule has 3 aliphatic heterocycles. The maximum Gasteiger partial charge on any atom is 0.414 e. The van der Waals surface area contributed by atoms with Gasteiger partial charge in [-0.1, -0.05) is 0 Å². The highest BCUT2D eigenvalue weighted by Crippen LogP contribution is 2.34. The number of hydrogen-bond donors (Lipinski definition) is 3. The molecule has 0 radical (unpaired) electrons. The summed E-state index contributed by atoms with van der Waals surface area (Å²) in [5.74, 6) is 1.24. The molecule has 5 heterocycles. The van der Waals surface area contributed by atoms with Gasteiger partial charge in [-0.2, -0.15) is 0 Å². The third kappa shape index (κ3) is 4.63. The van der Waals surface area contributed by atoms with Crippen LogP contribution in [0.4, 0.5) is 16.2 Å². The maximum atomic E-state index is 12.7. The topological polar surface area (TPSA) is 127 Å². The van der Waals surface area contributed by atoms with Crippen LogP contribution in [0.1, 0.15) is 18.0 Å². The molecule has 2 saturated heterocycles. The molecule has 0 saturated carbocycles. The van der Waals surface area contributed by atoms with Gasteiger partial charge in [-0.3, -0.25) is 14.7 Å². The van der Waals surface area contributed by atoms with E-state index in [4.69, 9.17) is 19.2 Å². The van der Waals surface area contributed by atoms with Gasteiger partial charge >= 0.3 is 6.09 Å². The van der Waals surface area contributed by atoms with E-state index in [1.165, 1.54) is 0 Å². The highest BCUT2D eigenvalue weighted by Gasteiger charge is 2.35. The minimum atomic E-state index is -0.422. The van der Waals surface area contributed by atoms with Crippen LogP contribution in [-0.2, 0) is 9.53 Å². The molecule has 2 fully saturated rings. The lowest BCUT2D eigenvalue weighted by atomic mass is 9.91. The summed E-state index contributed by atoms with van der Waals surface area (Å²) in [6.07, 6.45) is 2.06. The summed E-state index contributed by atoms with van der Waals surface area (Å²) in [5, 5.41) is 9.90. The number of carbonyl (C=O) groups excluding carboxylic acids is 2. The van der Waals surface area contributed by atoms with Gasteiger partial charge in [0.1, 0.15) is 11.9 Å². The van der Waals surface area contributed by atoms with Gasteiger partial charge in [0.25, 0.3) is 5.91 Å². The first-order valence-electron chi connectivity index (χ1n) is 12.4. The number of rotatable bonds is 7. The van der Waals surface area contributed by atoms with E-state index in [2.05, 4.69) is 20.9 Å². The molecule has 3 atom stereocenters. The Hall–Kier alpha value is -3.96. The van der Waals surface area contributed by atoms with Crippen molar-refractivity contribution in [2.75, 3.05) is 50.1 Å². The largest absolute Gasteiger partial charge is 0.482 e. The van der Waals surface area contributed by atoms with E-state index in [1.54, 1.807) is 36.4 Å². The molecule has 11 heteroatoms. The van der Waals surface area contributed by atoms with E-state index < -0.39 is 6.09 Å². The first-order chi connectivity index (χ1) is 18.1. The number of ether oxygens (including phenoxy) is 3. The third-order valence-electron chi connectivity index (χ3n) is 7.05. The SMILES string of the molecule is COc1ccc2nccc([C@H](NCC3CN(c4ccc5c(c4)NC(=O)CO5)C(=O)O3)C3CCNC3)c2n1. The number of nitrogens with zero attached hydrogens (tertiary/aromatic N) is 3. The predicted molar refractivity (Wildman–Crippen MR) is 136 cm³/mol. The number of hydrogen-bond acceptors (Lipinski definition) is 9. The minimum absolute atomic E-state index is 0.0102. The van der Waals surface area contributed by atoms with Crippen molar-refractivity contribution in [1.29, 1.82) is 0 Å². The van der Waals surface area contributed by atoms with E-state index in [0.29, 0.717) is 42.0 Å². The molecule has 37 heavy (non-hydrogen) atoms. The van der Waals surface area contributed by atoms with Gasteiger partial charge in [-0.15, -0.1) is 0 Å². The molecule has 2 unspecified atom stereocenters. The van der Waals surface area contributed by atoms with Crippen molar-refractivity contribution < 1.29 is 23.8 Å². The van der Waals surface area contributed by atoms with Crippen LogP contribution in [0.15, 0.2) is 42.6 Å². The normalized spacial score (nSPS) is 21.8. The summed E-state index contributed by atoms with van der Waals surface area (Å²) in [5.41, 5.74) is 3.84. The zero-order valence-corrected chi connectivity index (χ0v) is 20.4. The van der Waals surface area contributed by atoms with Crippen molar-refractivity contribution in [2.24, 2.45) is 5.92 Å². The number of nitrogens with one attached hydrogen (secondary N) is 3. The Labute approximate surface area is 213 Å². The van der Waals surface area contributed by atoms with Crippen LogP contribution in [0, 0.1) is 5.92 Å². The van der Waals surface area contributed by atoms with Gasteiger partial charge in [0.15, 0.2) is 6.61 Å². The number of aromatic nitrogens is 2. The Balaban J connectivity index is 1.21. The Morgan fingerprint density at radius 1 is 1.24 bits per heavy atom. The lowest BCUT2D eigenvalue weighted by Crippen LogP contribution is -2.37. The molecular weight excluding hydrogens is 476 g/mol. The summed E-state index contributed by atoms with van der Waals surface area (Å²) < 4.78 is 16.5. The summed E-state index contributed by atoms with van der Waals surface area (Å²) in [7, 11) is 1.60. The molecule has 192 valence electrons. The summed E-state index contributed by atoms with van der Waals surface area (Å²) >= 11 is 0. The van der Waals surface area contributed by atoms with Crippen molar-refractivity contribution in [3.8, 4) is 11.6 Å². The average molecular weight is 505 g/mol. The number of fused-ring (bicyclic) bond motifs is 2. The van der Waals surface area contributed by atoms with E-state index in [-0.39, 0.29) is 24.7 Å². The van der Waals surface area contributed by atoms with Gasteiger partial charge in [0, 0.05) is 30.5 Å². The molecule has 6 rings (SSSR count). The molecular formula is C26H28N6O5. The van der Waals surface area contributed by atoms with Crippen LogP contribution in [0.3, 0.4) is 0 Å². The molecule has 3 N–H and O–H groups in total. The van der Waals surface area contributed by atoms with Gasteiger partial charge in [0.2, 0.25) is 5.88 Å². The first kappa shape index (κ1) is 23.4. The summed E-state index contributed by atoms with van der Waals surface area (Å²) in [6, 6.07) is 11.0. The Kier molecular flexibility index (Phi) is 6.23. The molecule has 3 aromatic rings. The Bertz CT molecular complexity index is 1340. The van der Waals surface area contributed by atoms with Crippen LogP contribution in [0.25, 0.3) is 11.0 Å². The predicted octanol–water partition coefficient (Wildman–Crippen LogP) is 2.23. The number of carbonyl (C=O) groups is 2. The maximum absolute atomic E-state index is 12.7. The van der Waals surface area contributed by atoms with E-state index in [0.717, 1.165) is 36.1 Å². The monoisotopic (exact) mass is 504 g/mol. The number of benzene rings is 1. The second-order valence-electron chi connectivity index (χ2n) is 9.39. The smallest absolute Gasteiger partial charge is 0.414 e. The fourth-order valence-electron chi connectivity index (χ4n) is 5.22. The first-order valence-corrected chi connectivity index (χ1v) is 12.4. The summed E-state index contributed by atoms with van der Waals surface area (Å²) in [6.45, 7) is 2.68. The van der Waals surface area contributed by atoms with Crippen LogP contribution in [-0.4, -0.2) is 68.0 Å². The minimum Gasteiger partial charge on any atom is -0.482 e. The molecule has 0 spiro atoms. The average Bonchev–Trinajstić information content (AvgIpc) is 3.58. The fourth-order valence-corrected chi connectivity index (χ4v) is 5.22. The lowest BCUT2D eigenvalue weighted by Gasteiger charge is -2.26. The van der Waals surface area contributed by atoms with Gasteiger partial charge in [-0.25, -0.2) is 9.78 Å². The van der Waals surface area contributed by atoms with Gasteiger partial charge in [-0.05, 0) is 61.3 Å². The molecule has 2 amide bonds. The van der Waals surface area contributed by atoms with Crippen LogP contribution < -0.4 is 30.3 Å². The van der Waals surface area contributed by atoms with Gasteiger partial charge in [0.05, 0.1) is 30.4 Å². The number of amides is 2. The van der Waals surface area contributed by atoms with Crippen LogP contribution in [0.5, 0.6) is 11.6 Å².